The van der Waals surface area contributed by atoms with Gasteiger partial charge in [0.2, 0.25) is 5.28 Å². The van der Waals surface area contributed by atoms with E-state index in [1.54, 1.807) is 0 Å². The van der Waals surface area contributed by atoms with Crippen molar-refractivity contribution in [2.24, 2.45) is 11.3 Å². The second kappa shape index (κ2) is 6.81. The molecule has 0 bridgehead atoms. The maximum Gasteiger partial charge on any atom is 0.311 e. The molecule has 1 saturated carbocycles. The van der Waals surface area contributed by atoms with Crippen molar-refractivity contribution in [3.63, 3.8) is 0 Å². The average Bonchev–Trinajstić information content (AvgIpc) is 2.89. The number of aromatic nitrogens is 2. The van der Waals surface area contributed by atoms with E-state index in [1.165, 1.54) is 12.6 Å². The Labute approximate surface area is 146 Å². The third-order valence-electron chi connectivity index (χ3n) is 5.06. The van der Waals surface area contributed by atoms with Gasteiger partial charge in [0.25, 0.3) is 0 Å². The molecule has 1 unspecified atom stereocenters. The van der Waals surface area contributed by atoms with Crippen LogP contribution in [0.4, 0.5) is 5.82 Å². The molecule has 23 heavy (non-hydrogen) atoms. The number of hydrogen-bond donors (Lipinski definition) is 0. The number of rotatable bonds is 3. The van der Waals surface area contributed by atoms with E-state index in [1.807, 2.05) is 6.92 Å². The predicted molar refractivity (Wildman–Crippen MR) is 89.9 cm³/mol. The number of ether oxygens (including phenoxy) is 1. The fraction of sp³-hybridized carbons (Fsp3) is 0.688. The Bertz CT molecular complexity index is 591. The number of carbonyl (C=O) groups excluding carboxylic acids is 1. The van der Waals surface area contributed by atoms with Gasteiger partial charge in [0.05, 0.1) is 18.7 Å². The minimum atomic E-state index is -0.132. The van der Waals surface area contributed by atoms with Crippen LogP contribution >= 0.6 is 23.2 Å². The van der Waals surface area contributed by atoms with Crippen LogP contribution < -0.4 is 4.90 Å². The lowest BCUT2D eigenvalue weighted by Gasteiger charge is -2.36. The molecule has 0 aromatic carbocycles. The van der Waals surface area contributed by atoms with Gasteiger partial charge in [-0.25, -0.2) is 4.98 Å². The van der Waals surface area contributed by atoms with Crippen molar-refractivity contribution in [3.05, 3.63) is 16.5 Å². The molecule has 1 aliphatic heterocycles. The van der Waals surface area contributed by atoms with Crippen molar-refractivity contribution in [3.8, 4) is 0 Å². The highest BCUT2D eigenvalue weighted by Gasteiger charge is 2.51. The lowest BCUT2D eigenvalue weighted by atomic mass is 9.68. The van der Waals surface area contributed by atoms with Crippen molar-refractivity contribution < 1.29 is 9.53 Å². The Morgan fingerprint density at radius 2 is 2.13 bits per heavy atom. The van der Waals surface area contributed by atoms with Crippen LogP contribution in [0.5, 0.6) is 0 Å². The summed E-state index contributed by atoms with van der Waals surface area (Å²) in [6, 6.07) is 0. The number of esters is 1. The summed E-state index contributed by atoms with van der Waals surface area (Å²) in [5.41, 5.74) is -0.0364. The van der Waals surface area contributed by atoms with E-state index in [2.05, 4.69) is 14.9 Å². The topological polar surface area (TPSA) is 55.3 Å². The van der Waals surface area contributed by atoms with E-state index in [-0.39, 0.29) is 22.6 Å². The zero-order valence-corrected chi connectivity index (χ0v) is 14.7. The summed E-state index contributed by atoms with van der Waals surface area (Å²) in [7, 11) is 0. The molecule has 0 N–H and O–H groups in total. The van der Waals surface area contributed by atoms with Gasteiger partial charge in [-0.1, -0.05) is 30.9 Å². The first-order valence-electron chi connectivity index (χ1n) is 8.15. The maximum absolute atomic E-state index is 12.5. The summed E-state index contributed by atoms with van der Waals surface area (Å²) in [6.45, 7) is 3.60. The zero-order valence-electron chi connectivity index (χ0n) is 13.2. The van der Waals surface area contributed by atoms with Gasteiger partial charge in [-0.05, 0) is 31.4 Å². The number of halogens is 2. The minimum absolute atomic E-state index is 0.0364. The van der Waals surface area contributed by atoms with E-state index < -0.39 is 0 Å². The van der Waals surface area contributed by atoms with Gasteiger partial charge in [0, 0.05) is 18.5 Å². The Kier molecular flexibility index (Phi) is 4.97. The van der Waals surface area contributed by atoms with E-state index in [9.17, 15) is 4.79 Å². The van der Waals surface area contributed by atoms with E-state index in [4.69, 9.17) is 27.9 Å². The molecule has 5 nitrogen and oxygen atoms in total. The second-order valence-electron chi connectivity index (χ2n) is 6.42. The highest BCUT2D eigenvalue weighted by molar-refractivity contribution is 6.33. The predicted octanol–water partition coefficient (Wildman–Crippen LogP) is 3.73. The van der Waals surface area contributed by atoms with Gasteiger partial charge in [-0.15, -0.1) is 0 Å². The van der Waals surface area contributed by atoms with Crippen LogP contribution in [-0.4, -0.2) is 35.6 Å². The standard InChI is InChI=1S/C16H21Cl2N3O2/c1-2-23-14(22)11-9-21(10-16(11)6-4-3-5-7-16)13-12(17)8-19-15(18)20-13/h8,11H,2-7,9-10H2,1H3. The summed E-state index contributed by atoms with van der Waals surface area (Å²) in [4.78, 5) is 22.8. The molecule has 2 aliphatic rings. The average molecular weight is 358 g/mol. The number of anilines is 1. The van der Waals surface area contributed by atoms with Crippen LogP contribution in [0.1, 0.15) is 39.0 Å². The number of nitrogens with zero attached hydrogens (tertiary/aromatic N) is 3. The smallest absolute Gasteiger partial charge is 0.311 e. The molecule has 126 valence electrons. The molecule has 2 fully saturated rings. The molecule has 1 aromatic rings. The van der Waals surface area contributed by atoms with Crippen molar-refractivity contribution >= 4 is 35.0 Å². The molecule has 1 aromatic heterocycles. The highest BCUT2D eigenvalue weighted by Crippen LogP contribution is 2.49. The molecule has 0 radical (unpaired) electrons. The second-order valence-corrected chi connectivity index (χ2v) is 7.16. The van der Waals surface area contributed by atoms with Gasteiger partial charge in [0.1, 0.15) is 5.02 Å². The van der Waals surface area contributed by atoms with Crippen LogP contribution in [0, 0.1) is 11.3 Å². The van der Waals surface area contributed by atoms with Gasteiger partial charge in [0.15, 0.2) is 5.82 Å². The summed E-state index contributed by atoms with van der Waals surface area (Å²) in [5, 5.41) is 0.631. The summed E-state index contributed by atoms with van der Waals surface area (Å²) >= 11 is 12.2. The lowest BCUT2D eigenvalue weighted by molar-refractivity contribution is -0.151. The Hall–Kier alpha value is -1.07. The van der Waals surface area contributed by atoms with Crippen LogP contribution in [0.3, 0.4) is 0 Å². The molecule has 1 spiro atoms. The van der Waals surface area contributed by atoms with E-state index in [0.29, 0.717) is 24.0 Å². The number of carbonyl (C=O) groups is 1. The van der Waals surface area contributed by atoms with Gasteiger partial charge in [-0.3, -0.25) is 4.79 Å². The van der Waals surface area contributed by atoms with E-state index in [0.717, 1.165) is 32.2 Å². The van der Waals surface area contributed by atoms with E-state index >= 15 is 0 Å². The van der Waals surface area contributed by atoms with Crippen molar-refractivity contribution in [1.29, 1.82) is 0 Å². The fourth-order valence-electron chi connectivity index (χ4n) is 4.02. The Morgan fingerprint density at radius 1 is 1.39 bits per heavy atom. The Balaban J connectivity index is 1.90. The van der Waals surface area contributed by atoms with Crippen molar-refractivity contribution in [1.82, 2.24) is 9.97 Å². The quantitative estimate of drug-likeness (QED) is 0.609. The van der Waals surface area contributed by atoms with Crippen LogP contribution in [0.15, 0.2) is 6.20 Å². The zero-order chi connectivity index (χ0) is 16.4. The van der Waals surface area contributed by atoms with Gasteiger partial charge >= 0.3 is 5.97 Å². The fourth-order valence-corrected chi connectivity index (χ4v) is 4.36. The first kappa shape index (κ1) is 16.8. The maximum atomic E-state index is 12.5. The van der Waals surface area contributed by atoms with Crippen molar-refractivity contribution in [2.75, 3.05) is 24.6 Å². The first-order chi connectivity index (χ1) is 11.1. The van der Waals surface area contributed by atoms with Crippen LogP contribution in [0.2, 0.25) is 10.3 Å². The summed E-state index contributed by atoms with van der Waals surface area (Å²) in [6.07, 6.45) is 7.14. The lowest BCUT2D eigenvalue weighted by Crippen LogP contribution is -2.37. The minimum Gasteiger partial charge on any atom is -0.466 e. The Morgan fingerprint density at radius 3 is 2.83 bits per heavy atom. The highest BCUT2D eigenvalue weighted by atomic mass is 35.5. The van der Waals surface area contributed by atoms with Crippen LogP contribution in [0.25, 0.3) is 0 Å². The molecular weight excluding hydrogens is 337 g/mol. The third kappa shape index (κ3) is 3.26. The summed E-state index contributed by atoms with van der Waals surface area (Å²) in [5.74, 6) is 0.379. The largest absolute Gasteiger partial charge is 0.466 e. The molecule has 1 aliphatic carbocycles. The van der Waals surface area contributed by atoms with Crippen molar-refractivity contribution in [2.45, 2.75) is 39.0 Å². The SMILES string of the molecule is CCOC(=O)C1CN(c2nc(Cl)ncc2Cl)CC12CCCCC2. The normalized spacial score (nSPS) is 23.3. The number of hydrogen-bond acceptors (Lipinski definition) is 5. The first-order valence-corrected chi connectivity index (χ1v) is 8.91. The molecule has 1 atom stereocenters. The molecule has 1 saturated heterocycles. The van der Waals surface area contributed by atoms with Gasteiger partial charge < -0.3 is 9.64 Å². The molecule has 7 heteroatoms. The van der Waals surface area contributed by atoms with Crippen LogP contribution in [-0.2, 0) is 9.53 Å². The molecule has 2 heterocycles. The monoisotopic (exact) mass is 357 g/mol. The summed E-state index contributed by atoms with van der Waals surface area (Å²) < 4.78 is 5.33. The molecular formula is C16H21Cl2N3O2. The molecule has 0 amide bonds. The van der Waals surface area contributed by atoms with Gasteiger partial charge in [-0.2, -0.15) is 4.98 Å². The molecule has 3 rings (SSSR count). The third-order valence-corrected chi connectivity index (χ3v) is 5.51.